The minimum absolute atomic E-state index is 0.231. The predicted octanol–water partition coefficient (Wildman–Crippen LogP) is 4.47. The number of pyridine rings is 1. The van der Waals surface area contributed by atoms with Gasteiger partial charge in [-0.15, -0.1) is 0 Å². The molecule has 1 saturated carbocycles. The number of furan rings is 1. The van der Waals surface area contributed by atoms with E-state index >= 15 is 0 Å². The van der Waals surface area contributed by atoms with Crippen LogP contribution in [-0.4, -0.2) is 27.0 Å². The first kappa shape index (κ1) is 17.5. The highest BCUT2D eigenvalue weighted by Crippen LogP contribution is 2.25. The molecule has 7 heteroatoms. The molecule has 0 atom stereocenters. The van der Waals surface area contributed by atoms with E-state index < -0.39 is 0 Å². The van der Waals surface area contributed by atoms with Gasteiger partial charge in [-0.2, -0.15) is 0 Å². The summed E-state index contributed by atoms with van der Waals surface area (Å²) in [7, 11) is 0. The quantitative estimate of drug-likeness (QED) is 0.711. The molecule has 3 aromatic heterocycles. The van der Waals surface area contributed by atoms with Crippen LogP contribution in [0.15, 0.2) is 34.9 Å². The minimum atomic E-state index is -0.231. The number of fused-ring (bicyclic) bond motifs is 1. The number of hydrogen-bond donors (Lipinski definition) is 2. The molecular weight excluding hydrogens is 342 g/mol. The highest BCUT2D eigenvalue weighted by atomic mass is 16.3. The van der Waals surface area contributed by atoms with Gasteiger partial charge in [-0.3, -0.25) is 10.3 Å². The predicted molar refractivity (Wildman–Crippen MR) is 104 cm³/mol. The van der Waals surface area contributed by atoms with E-state index in [1.807, 2.05) is 12.1 Å². The molecule has 2 amide bonds. The lowest BCUT2D eigenvalue weighted by atomic mass is 10.2. The average Bonchev–Trinajstić information content (AvgIpc) is 3.33. The molecular formula is C20H23N5O2. The van der Waals surface area contributed by atoms with Crippen LogP contribution in [0.3, 0.4) is 0 Å². The maximum Gasteiger partial charge on any atom is 0.320 e. The molecule has 7 nitrogen and oxygen atoms in total. The lowest BCUT2D eigenvalue weighted by molar-refractivity contribution is 0.248. The minimum Gasteiger partial charge on any atom is -0.459 e. The molecule has 1 aliphatic carbocycles. The second kappa shape index (κ2) is 7.34. The zero-order chi connectivity index (χ0) is 18.8. The van der Waals surface area contributed by atoms with Crippen LogP contribution < -0.4 is 10.6 Å². The van der Waals surface area contributed by atoms with Crippen molar-refractivity contribution in [2.45, 2.75) is 51.5 Å². The summed E-state index contributed by atoms with van der Waals surface area (Å²) in [6, 6.07) is 7.39. The number of aromatic nitrogens is 3. The Balaban J connectivity index is 1.54. The summed E-state index contributed by atoms with van der Waals surface area (Å²) in [5, 5.41) is 5.77. The fourth-order valence-corrected chi connectivity index (χ4v) is 3.29. The van der Waals surface area contributed by atoms with Gasteiger partial charge in [-0.25, -0.2) is 14.8 Å². The fraction of sp³-hybridized carbons (Fsp3) is 0.400. The summed E-state index contributed by atoms with van der Waals surface area (Å²) >= 11 is 0. The molecule has 140 valence electrons. The number of carbonyl (C=O) groups is 1. The molecule has 0 aromatic carbocycles. The molecule has 0 bridgehead atoms. The number of carbonyl (C=O) groups excluding carboxylic acids is 1. The Morgan fingerprint density at radius 1 is 1.15 bits per heavy atom. The number of amides is 2. The molecule has 0 radical (unpaired) electrons. The molecule has 1 aliphatic rings. The van der Waals surface area contributed by atoms with Crippen LogP contribution >= 0.6 is 0 Å². The smallest absolute Gasteiger partial charge is 0.320 e. The molecule has 3 aromatic rings. The number of rotatable bonds is 4. The van der Waals surface area contributed by atoms with Gasteiger partial charge in [0.2, 0.25) is 0 Å². The lowest BCUT2D eigenvalue weighted by Crippen LogP contribution is -2.36. The van der Waals surface area contributed by atoms with Gasteiger partial charge in [0.05, 0.1) is 6.20 Å². The van der Waals surface area contributed by atoms with E-state index in [2.05, 4.69) is 39.4 Å². The van der Waals surface area contributed by atoms with Crippen molar-refractivity contribution in [2.24, 2.45) is 0 Å². The van der Waals surface area contributed by atoms with Gasteiger partial charge in [-0.05, 0) is 37.1 Å². The number of anilines is 1. The molecule has 3 heterocycles. The third kappa shape index (κ3) is 3.92. The van der Waals surface area contributed by atoms with E-state index in [1.165, 1.54) is 12.8 Å². The van der Waals surface area contributed by atoms with E-state index in [1.54, 1.807) is 18.3 Å². The summed E-state index contributed by atoms with van der Waals surface area (Å²) in [5.41, 5.74) is 1.75. The third-order valence-electron chi connectivity index (χ3n) is 4.79. The first-order chi connectivity index (χ1) is 13.1. The zero-order valence-electron chi connectivity index (χ0n) is 15.5. The first-order valence-corrected chi connectivity index (χ1v) is 9.40. The number of nitrogens with zero attached hydrogens (tertiary/aromatic N) is 3. The van der Waals surface area contributed by atoms with Crippen LogP contribution in [0.4, 0.5) is 10.6 Å². The monoisotopic (exact) mass is 365 g/mol. The summed E-state index contributed by atoms with van der Waals surface area (Å²) in [6.07, 6.45) is 6.09. The van der Waals surface area contributed by atoms with E-state index in [0.29, 0.717) is 34.4 Å². The van der Waals surface area contributed by atoms with Crippen LogP contribution in [0.1, 0.15) is 51.2 Å². The van der Waals surface area contributed by atoms with E-state index in [-0.39, 0.29) is 12.1 Å². The Morgan fingerprint density at radius 3 is 2.70 bits per heavy atom. The van der Waals surface area contributed by atoms with Gasteiger partial charge < -0.3 is 9.73 Å². The molecule has 27 heavy (non-hydrogen) atoms. The zero-order valence-corrected chi connectivity index (χ0v) is 15.5. The SMILES string of the molecule is CC(C)c1ccc(-c2cnc3ccc(NC(=O)NC4CCCC4)nc3n2)o1. The molecule has 0 aliphatic heterocycles. The maximum atomic E-state index is 12.1. The second-order valence-electron chi connectivity index (χ2n) is 7.23. The highest BCUT2D eigenvalue weighted by Gasteiger charge is 2.17. The maximum absolute atomic E-state index is 12.1. The Labute approximate surface area is 157 Å². The van der Waals surface area contributed by atoms with E-state index in [9.17, 15) is 4.79 Å². The number of urea groups is 1. The standard InChI is InChI=1S/C20H23N5O2/c1-12(2)16-8-9-17(27-16)15-11-21-14-7-10-18(24-19(14)23-15)25-20(26)22-13-5-3-4-6-13/h7-13H,3-6H2,1-2H3,(H2,22,23,24,25,26). The molecule has 0 saturated heterocycles. The fourth-order valence-electron chi connectivity index (χ4n) is 3.29. The molecule has 4 rings (SSSR count). The van der Waals surface area contributed by atoms with Crippen molar-refractivity contribution in [1.29, 1.82) is 0 Å². The number of hydrogen-bond acceptors (Lipinski definition) is 5. The number of nitrogens with one attached hydrogen (secondary N) is 2. The van der Waals surface area contributed by atoms with Crippen LogP contribution in [0, 0.1) is 0 Å². The Morgan fingerprint density at radius 2 is 1.96 bits per heavy atom. The lowest BCUT2D eigenvalue weighted by Gasteiger charge is -2.12. The largest absolute Gasteiger partial charge is 0.459 e. The normalized spacial score (nSPS) is 14.8. The first-order valence-electron chi connectivity index (χ1n) is 9.40. The van der Waals surface area contributed by atoms with Crippen molar-refractivity contribution < 1.29 is 9.21 Å². The van der Waals surface area contributed by atoms with Crippen LogP contribution in [-0.2, 0) is 0 Å². The van der Waals surface area contributed by atoms with Crippen molar-refractivity contribution >= 4 is 23.0 Å². The topological polar surface area (TPSA) is 92.9 Å². The van der Waals surface area contributed by atoms with Gasteiger partial charge in [0.25, 0.3) is 0 Å². The van der Waals surface area contributed by atoms with Gasteiger partial charge in [0.1, 0.15) is 22.8 Å². The third-order valence-corrected chi connectivity index (χ3v) is 4.79. The van der Waals surface area contributed by atoms with Crippen LogP contribution in [0.25, 0.3) is 22.6 Å². The summed E-state index contributed by atoms with van der Waals surface area (Å²) in [4.78, 5) is 25.5. The van der Waals surface area contributed by atoms with E-state index in [4.69, 9.17) is 4.42 Å². The summed E-state index contributed by atoms with van der Waals surface area (Å²) in [5.74, 6) is 2.32. The second-order valence-corrected chi connectivity index (χ2v) is 7.23. The van der Waals surface area contributed by atoms with Crippen molar-refractivity contribution in [3.63, 3.8) is 0 Å². The van der Waals surface area contributed by atoms with Crippen LogP contribution in [0.5, 0.6) is 0 Å². The summed E-state index contributed by atoms with van der Waals surface area (Å²) in [6.45, 7) is 4.15. The molecule has 0 spiro atoms. The summed E-state index contributed by atoms with van der Waals surface area (Å²) < 4.78 is 5.84. The highest BCUT2D eigenvalue weighted by molar-refractivity contribution is 5.89. The van der Waals surface area contributed by atoms with Crippen molar-refractivity contribution in [3.05, 3.63) is 36.2 Å². The van der Waals surface area contributed by atoms with Crippen LogP contribution in [0.2, 0.25) is 0 Å². The van der Waals surface area contributed by atoms with E-state index in [0.717, 1.165) is 18.6 Å². The van der Waals surface area contributed by atoms with Gasteiger partial charge >= 0.3 is 6.03 Å². The van der Waals surface area contributed by atoms with Gasteiger partial charge in [0, 0.05) is 12.0 Å². The molecule has 1 fully saturated rings. The van der Waals surface area contributed by atoms with Gasteiger partial charge in [0.15, 0.2) is 11.4 Å². The van der Waals surface area contributed by atoms with Crippen molar-refractivity contribution in [2.75, 3.05) is 5.32 Å². The van der Waals surface area contributed by atoms with Gasteiger partial charge in [-0.1, -0.05) is 26.7 Å². The Kier molecular flexibility index (Phi) is 4.75. The van der Waals surface area contributed by atoms with Crippen molar-refractivity contribution in [1.82, 2.24) is 20.3 Å². The average molecular weight is 365 g/mol. The molecule has 0 unspecified atom stereocenters. The van der Waals surface area contributed by atoms with Crippen molar-refractivity contribution in [3.8, 4) is 11.5 Å². The molecule has 2 N–H and O–H groups in total. The Hall–Kier alpha value is -2.96. The Bertz CT molecular complexity index is 960.